The average Bonchev–Trinajstić information content (AvgIpc) is 2.16. The van der Waals surface area contributed by atoms with Gasteiger partial charge in [-0.2, -0.15) is 0 Å². The average molecular weight is 193 g/mol. The summed E-state index contributed by atoms with van der Waals surface area (Å²) in [6.07, 6.45) is 0.917. The van der Waals surface area contributed by atoms with Crippen molar-refractivity contribution in [3.8, 4) is 0 Å². The molecule has 1 nitrogen and oxygen atoms in total. The molecule has 0 saturated carbocycles. The monoisotopic (exact) mass is 193 g/mol. The molecule has 0 aliphatic carbocycles. The molecule has 0 fully saturated rings. The van der Waals surface area contributed by atoms with E-state index in [4.69, 9.17) is 0 Å². The fraction of sp³-hybridized carbons (Fsp3) is 0.333. The summed E-state index contributed by atoms with van der Waals surface area (Å²) in [7, 11) is 0. The van der Waals surface area contributed by atoms with Crippen molar-refractivity contribution in [1.29, 1.82) is 0 Å². The Morgan fingerprint density at radius 3 is 2.79 bits per heavy atom. The summed E-state index contributed by atoms with van der Waals surface area (Å²) >= 11 is 0. The first-order chi connectivity index (χ1) is 6.65. The van der Waals surface area contributed by atoms with Gasteiger partial charge < -0.3 is 5.32 Å². The number of anilines is 1. The van der Waals surface area contributed by atoms with Crippen molar-refractivity contribution in [1.82, 2.24) is 0 Å². The summed E-state index contributed by atoms with van der Waals surface area (Å²) in [5, 5.41) is 3.06. The maximum atomic E-state index is 13.3. The molecule has 76 valence electrons. The number of nitrogens with one attached hydrogen (secondary N) is 1. The van der Waals surface area contributed by atoms with Crippen LogP contribution < -0.4 is 5.32 Å². The molecule has 2 heteroatoms. The van der Waals surface area contributed by atoms with Crippen LogP contribution in [0, 0.1) is 12.7 Å². The van der Waals surface area contributed by atoms with Crippen LogP contribution in [0.2, 0.25) is 0 Å². The minimum absolute atomic E-state index is 0.200. The molecule has 0 spiro atoms. The van der Waals surface area contributed by atoms with E-state index < -0.39 is 0 Å². The number of rotatable bonds is 4. The van der Waals surface area contributed by atoms with Crippen molar-refractivity contribution >= 4 is 5.69 Å². The highest BCUT2D eigenvalue weighted by atomic mass is 19.1. The molecule has 0 radical (unpaired) electrons. The fourth-order valence-corrected chi connectivity index (χ4v) is 1.19. The van der Waals surface area contributed by atoms with Crippen LogP contribution in [0.1, 0.15) is 18.9 Å². The maximum absolute atomic E-state index is 13.3. The second-order valence-corrected chi connectivity index (χ2v) is 3.39. The molecule has 0 bridgehead atoms. The number of aryl methyl sites for hydroxylation is 1. The zero-order chi connectivity index (χ0) is 10.6. The van der Waals surface area contributed by atoms with Crippen molar-refractivity contribution in [2.75, 3.05) is 11.9 Å². The Labute approximate surface area is 84.6 Å². The zero-order valence-electron chi connectivity index (χ0n) is 8.73. The third-order valence-electron chi connectivity index (χ3n) is 2.24. The topological polar surface area (TPSA) is 12.0 Å². The molecule has 0 heterocycles. The number of para-hydroxylation sites is 1. The Kier molecular flexibility index (Phi) is 3.69. The van der Waals surface area contributed by atoms with Gasteiger partial charge in [0.15, 0.2) is 0 Å². The highest BCUT2D eigenvalue weighted by Gasteiger charge is 2.03. The largest absolute Gasteiger partial charge is 0.379 e. The Morgan fingerprint density at radius 1 is 1.50 bits per heavy atom. The summed E-state index contributed by atoms with van der Waals surface area (Å²) < 4.78 is 13.3. The third-order valence-corrected chi connectivity index (χ3v) is 2.24. The van der Waals surface area contributed by atoms with Gasteiger partial charge in [-0.15, -0.1) is 0 Å². The van der Waals surface area contributed by atoms with Crippen LogP contribution in [0.3, 0.4) is 0 Å². The highest BCUT2D eigenvalue weighted by molar-refractivity contribution is 5.52. The molecular weight excluding hydrogens is 177 g/mol. The molecule has 0 amide bonds. The molecular formula is C12H16FN. The number of hydrogen-bond acceptors (Lipinski definition) is 1. The van der Waals surface area contributed by atoms with Crippen LogP contribution in [0.15, 0.2) is 30.4 Å². The van der Waals surface area contributed by atoms with Crippen molar-refractivity contribution in [2.24, 2.45) is 0 Å². The van der Waals surface area contributed by atoms with Gasteiger partial charge in [0, 0.05) is 6.54 Å². The van der Waals surface area contributed by atoms with E-state index in [1.165, 1.54) is 6.07 Å². The zero-order valence-corrected chi connectivity index (χ0v) is 8.73. The maximum Gasteiger partial charge on any atom is 0.146 e. The normalized spacial score (nSPS) is 9.93. The SMILES string of the molecule is C=C(CC)CNc1c(C)cccc1F. The molecule has 1 N–H and O–H groups in total. The molecule has 0 atom stereocenters. The third kappa shape index (κ3) is 2.59. The number of halogens is 1. The summed E-state index contributed by atoms with van der Waals surface area (Å²) in [4.78, 5) is 0. The van der Waals surface area contributed by atoms with Crippen molar-refractivity contribution in [3.05, 3.63) is 41.7 Å². The number of hydrogen-bond donors (Lipinski definition) is 1. The molecule has 1 rings (SSSR count). The van der Waals surface area contributed by atoms with Gasteiger partial charge in [-0.25, -0.2) is 4.39 Å². The van der Waals surface area contributed by atoms with Crippen LogP contribution in [-0.2, 0) is 0 Å². The predicted molar refractivity (Wildman–Crippen MR) is 59.1 cm³/mol. The van der Waals surface area contributed by atoms with E-state index in [0.717, 1.165) is 17.6 Å². The van der Waals surface area contributed by atoms with Gasteiger partial charge in [0.1, 0.15) is 5.82 Å². The van der Waals surface area contributed by atoms with Gasteiger partial charge in [-0.05, 0) is 25.0 Å². The standard InChI is InChI=1S/C12H16FN/c1-4-9(2)8-14-12-10(3)6-5-7-11(12)13/h5-7,14H,2,4,8H2,1,3H3. The van der Waals surface area contributed by atoms with Gasteiger partial charge in [0.2, 0.25) is 0 Å². The van der Waals surface area contributed by atoms with E-state index in [9.17, 15) is 4.39 Å². The Balaban J connectivity index is 2.71. The molecule has 1 aromatic rings. The van der Waals surface area contributed by atoms with Crippen molar-refractivity contribution in [2.45, 2.75) is 20.3 Å². The van der Waals surface area contributed by atoms with Gasteiger partial charge in [0.25, 0.3) is 0 Å². The van der Waals surface area contributed by atoms with Gasteiger partial charge in [-0.3, -0.25) is 0 Å². The molecule has 0 saturated heterocycles. The lowest BCUT2D eigenvalue weighted by Gasteiger charge is -2.10. The van der Waals surface area contributed by atoms with E-state index >= 15 is 0 Å². The van der Waals surface area contributed by atoms with Gasteiger partial charge >= 0.3 is 0 Å². The van der Waals surface area contributed by atoms with E-state index in [1.54, 1.807) is 6.07 Å². The van der Waals surface area contributed by atoms with E-state index in [1.807, 2.05) is 19.9 Å². The summed E-state index contributed by atoms with van der Waals surface area (Å²) in [5.74, 6) is -0.200. The first-order valence-corrected chi connectivity index (χ1v) is 4.80. The second kappa shape index (κ2) is 4.80. The quantitative estimate of drug-likeness (QED) is 0.721. The molecule has 0 aliphatic rings. The summed E-state index contributed by atoms with van der Waals surface area (Å²) in [6, 6.07) is 5.06. The lowest BCUT2D eigenvalue weighted by molar-refractivity contribution is 0.629. The smallest absolute Gasteiger partial charge is 0.146 e. The first-order valence-electron chi connectivity index (χ1n) is 4.80. The molecule has 0 aromatic heterocycles. The van der Waals surface area contributed by atoms with E-state index in [2.05, 4.69) is 11.9 Å². The molecule has 14 heavy (non-hydrogen) atoms. The summed E-state index contributed by atoms with van der Waals surface area (Å²) in [5.41, 5.74) is 2.59. The molecule has 1 aromatic carbocycles. The fourth-order valence-electron chi connectivity index (χ4n) is 1.19. The Hall–Kier alpha value is -1.31. The van der Waals surface area contributed by atoms with Crippen molar-refractivity contribution in [3.63, 3.8) is 0 Å². The Bertz CT molecular complexity index is 311. The van der Waals surface area contributed by atoms with E-state index in [-0.39, 0.29) is 5.82 Å². The van der Waals surface area contributed by atoms with Crippen LogP contribution >= 0.6 is 0 Å². The lowest BCUT2D eigenvalue weighted by Crippen LogP contribution is -2.06. The van der Waals surface area contributed by atoms with Gasteiger partial charge in [0.05, 0.1) is 5.69 Å². The van der Waals surface area contributed by atoms with Gasteiger partial charge in [-0.1, -0.05) is 31.2 Å². The number of benzene rings is 1. The van der Waals surface area contributed by atoms with Crippen molar-refractivity contribution < 1.29 is 4.39 Å². The first kappa shape index (κ1) is 10.8. The minimum Gasteiger partial charge on any atom is -0.379 e. The van der Waals surface area contributed by atoms with Crippen LogP contribution in [0.4, 0.5) is 10.1 Å². The lowest BCUT2D eigenvalue weighted by atomic mass is 10.1. The predicted octanol–water partition coefficient (Wildman–Crippen LogP) is 3.51. The molecule has 0 aliphatic heterocycles. The molecule has 0 unspecified atom stereocenters. The minimum atomic E-state index is -0.200. The van der Waals surface area contributed by atoms with Crippen LogP contribution in [0.5, 0.6) is 0 Å². The van der Waals surface area contributed by atoms with Crippen LogP contribution in [-0.4, -0.2) is 6.54 Å². The summed E-state index contributed by atoms with van der Waals surface area (Å²) in [6.45, 7) is 8.43. The van der Waals surface area contributed by atoms with Crippen LogP contribution in [0.25, 0.3) is 0 Å². The highest BCUT2D eigenvalue weighted by Crippen LogP contribution is 2.18. The van der Waals surface area contributed by atoms with E-state index in [0.29, 0.717) is 12.2 Å². The Morgan fingerprint density at radius 2 is 2.21 bits per heavy atom. The second-order valence-electron chi connectivity index (χ2n) is 3.39.